The summed E-state index contributed by atoms with van der Waals surface area (Å²) in [5.41, 5.74) is 4.33. The molecule has 0 aromatic heterocycles. The van der Waals surface area contributed by atoms with E-state index in [1.807, 2.05) is 6.07 Å². The zero-order chi connectivity index (χ0) is 13.1. The second-order valence-corrected chi connectivity index (χ2v) is 4.15. The molecule has 1 rings (SSSR count). The van der Waals surface area contributed by atoms with Crippen LogP contribution in [0, 0.1) is 11.3 Å². The minimum atomic E-state index is -1.64. The van der Waals surface area contributed by atoms with E-state index in [0.29, 0.717) is 11.3 Å². The Balaban J connectivity index is 2.88. The molecule has 1 aromatic carbocycles. The number of nitrogens with two attached hydrogens (primary N) is 1. The number of hydrogen-bond acceptors (Lipinski definition) is 4. The molecule has 0 saturated carbocycles. The molecule has 0 aliphatic carbocycles. The summed E-state index contributed by atoms with van der Waals surface area (Å²) in [6, 6.07) is 6.34. The van der Waals surface area contributed by atoms with Crippen molar-refractivity contribution in [1.82, 2.24) is 0 Å². The van der Waals surface area contributed by atoms with E-state index < -0.39 is 11.5 Å². The minimum Gasteiger partial charge on any atom is -0.379 e. The zero-order valence-electron chi connectivity index (χ0n) is 9.20. The smallest absolute Gasteiger partial charge is 0.257 e. The van der Waals surface area contributed by atoms with Gasteiger partial charge in [-0.1, -0.05) is 11.6 Å². The van der Waals surface area contributed by atoms with Crippen molar-refractivity contribution in [3.63, 3.8) is 0 Å². The molecule has 0 fully saturated rings. The second kappa shape index (κ2) is 5.15. The Morgan fingerprint density at radius 2 is 2.35 bits per heavy atom. The molecule has 0 bridgehead atoms. The monoisotopic (exact) mass is 253 g/mol. The normalized spacial score (nSPS) is 13.6. The number of aliphatic hydroxyl groups is 1. The van der Waals surface area contributed by atoms with Gasteiger partial charge in [0.05, 0.1) is 10.6 Å². The molecule has 17 heavy (non-hydrogen) atoms. The Morgan fingerprint density at radius 1 is 1.71 bits per heavy atom. The predicted octanol–water partition coefficient (Wildman–Crippen LogP) is 0.860. The number of amides is 1. The molecule has 0 heterocycles. The number of nitrogens with zero attached hydrogens (tertiary/aromatic N) is 1. The van der Waals surface area contributed by atoms with E-state index in [0.717, 1.165) is 0 Å². The summed E-state index contributed by atoms with van der Waals surface area (Å²) in [5.74, 6) is -0.624. The average molecular weight is 254 g/mol. The quantitative estimate of drug-likeness (QED) is 0.744. The first-order chi connectivity index (χ1) is 7.90. The fourth-order valence-electron chi connectivity index (χ4n) is 1.04. The lowest BCUT2D eigenvalue weighted by Crippen LogP contribution is -2.46. The summed E-state index contributed by atoms with van der Waals surface area (Å²) in [6.07, 6.45) is 0. The van der Waals surface area contributed by atoms with Gasteiger partial charge < -0.3 is 16.2 Å². The van der Waals surface area contributed by atoms with Gasteiger partial charge in [-0.3, -0.25) is 4.79 Å². The number of nitrogens with one attached hydrogen (secondary N) is 1. The van der Waals surface area contributed by atoms with Crippen molar-refractivity contribution in [3.8, 4) is 6.07 Å². The second-order valence-electron chi connectivity index (χ2n) is 3.74. The zero-order valence-corrected chi connectivity index (χ0v) is 9.95. The van der Waals surface area contributed by atoms with E-state index in [-0.39, 0.29) is 11.6 Å². The molecule has 1 amide bonds. The number of nitriles is 1. The Kier molecular flexibility index (Phi) is 4.07. The number of anilines is 1. The van der Waals surface area contributed by atoms with Crippen LogP contribution in [-0.2, 0) is 4.79 Å². The summed E-state index contributed by atoms with van der Waals surface area (Å²) >= 11 is 5.80. The number of hydrogen-bond donors (Lipinski definition) is 3. The standard InChI is InChI=1S/C11H12ClN3O2/c1-11(17,6-14)10(16)15-8-3-2-7(5-13)9(12)4-8/h2-4,17H,6,14H2,1H3,(H,15,16)/t11-/m0/s1. The molecular formula is C11H12ClN3O2. The first kappa shape index (κ1) is 13.5. The number of carbonyl (C=O) groups is 1. The molecule has 5 nitrogen and oxygen atoms in total. The lowest BCUT2D eigenvalue weighted by Gasteiger charge is -2.20. The highest BCUT2D eigenvalue weighted by atomic mass is 35.5. The third-order valence-corrected chi connectivity index (χ3v) is 2.55. The third kappa shape index (κ3) is 3.17. The predicted molar refractivity (Wildman–Crippen MR) is 64.5 cm³/mol. The fourth-order valence-corrected chi connectivity index (χ4v) is 1.26. The number of benzene rings is 1. The summed E-state index contributed by atoms with van der Waals surface area (Å²) in [7, 11) is 0. The SMILES string of the molecule is C[C@](O)(CN)C(=O)Nc1ccc(C#N)c(Cl)c1. The molecule has 6 heteroatoms. The van der Waals surface area contributed by atoms with Crippen molar-refractivity contribution in [2.75, 3.05) is 11.9 Å². The minimum absolute atomic E-state index is 0.192. The highest BCUT2D eigenvalue weighted by Crippen LogP contribution is 2.20. The van der Waals surface area contributed by atoms with Gasteiger partial charge in [0.25, 0.3) is 5.91 Å². The van der Waals surface area contributed by atoms with Crippen LogP contribution < -0.4 is 11.1 Å². The van der Waals surface area contributed by atoms with Crippen LogP contribution in [0.3, 0.4) is 0 Å². The molecule has 90 valence electrons. The maximum Gasteiger partial charge on any atom is 0.257 e. The molecule has 0 saturated heterocycles. The Bertz CT molecular complexity index is 480. The molecule has 0 unspecified atom stereocenters. The maximum atomic E-state index is 11.6. The fraction of sp³-hybridized carbons (Fsp3) is 0.273. The van der Waals surface area contributed by atoms with E-state index in [1.54, 1.807) is 0 Å². The van der Waals surface area contributed by atoms with Crippen molar-refractivity contribution in [3.05, 3.63) is 28.8 Å². The highest BCUT2D eigenvalue weighted by molar-refractivity contribution is 6.32. The molecule has 1 aromatic rings. The molecule has 0 spiro atoms. The van der Waals surface area contributed by atoms with E-state index in [9.17, 15) is 9.90 Å². The lowest BCUT2D eigenvalue weighted by molar-refractivity contribution is -0.131. The van der Waals surface area contributed by atoms with Gasteiger partial charge >= 0.3 is 0 Å². The van der Waals surface area contributed by atoms with Crippen molar-refractivity contribution in [2.45, 2.75) is 12.5 Å². The Labute approximate surface area is 104 Å². The third-order valence-electron chi connectivity index (χ3n) is 2.23. The van der Waals surface area contributed by atoms with Crippen LogP contribution in [-0.4, -0.2) is 23.2 Å². The summed E-state index contributed by atoms with van der Waals surface area (Å²) < 4.78 is 0. The van der Waals surface area contributed by atoms with Crippen molar-refractivity contribution in [2.24, 2.45) is 5.73 Å². The van der Waals surface area contributed by atoms with Gasteiger partial charge in [0.1, 0.15) is 6.07 Å². The molecule has 4 N–H and O–H groups in total. The molecule has 0 aliphatic rings. The maximum absolute atomic E-state index is 11.6. The summed E-state index contributed by atoms with van der Waals surface area (Å²) in [6.45, 7) is 1.12. The van der Waals surface area contributed by atoms with Crippen LogP contribution in [0.5, 0.6) is 0 Å². The Morgan fingerprint density at radius 3 is 2.82 bits per heavy atom. The van der Waals surface area contributed by atoms with Crippen LogP contribution in [0.15, 0.2) is 18.2 Å². The van der Waals surface area contributed by atoms with Crippen molar-refractivity contribution < 1.29 is 9.90 Å². The van der Waals surface area contributed by atoms with Gasteiger partial charge in [0, 0.05) is 12.2 Å². The number of halogens is 1. The topological polar surface area (TPSA) is 99.1 Å². The Hall–Kier alpha value is -1.61. The van der Waals surface area contributed by atoms with Crippen LogP contribution in [0.1, 0.15) is 12.5 Å². The lowest BCUT2D eigenvalue weighted by atomic mass is 10.1. The van der Waals surface area contributed by atoms with E-state index >= 15 is 0 Å². The largest absolute Gasteiger partial charge is 0.379 e. The van der Waals surface area contributed by atoms with Gasteiger partial charge in [-0.15, -0.1) is 0 Å². The molecular weight excluding hydrogens is 242 g/mol. The first-order valence-electron chi connectivity index (χ1n) is 4.84. The molecule has 1 atom stereocenters. The van der Waals surface area contributed by atoms with Gasteiger partial charge in [-0.25, -0.2) is 0 Å². The molecule has 0 radical (unpaired) electrons. The average Bonchev–Trinajstić information content (AvgIpc) is 2.29. The van der Waals surface area contributed by atoms with E-state index in [2.05, 4.69) is 5.32 Å². The van der Waals surface area contributed by atoms with Crippen LogP contribution >= 0.6 is 11.6 Å². The van der Waals surface area contributed by atoms with Gasteiger partial charge in [-0.2, -0.15) is 5.26 Å². The van der Waals surface area contributed by atoms with Crippen LogP contribution in [0.25, 0.3) is 0 Å². The first-order valence-corrected chi connectivity index (χ1v) is 5.22. The van der Waals surface area contributed by atoms with E-state index in [4.69, 9.17) is 22.6 Å². The molecule has 0 aliphatic heterocycles. The van der Waals surface area contributed by atoms with Gasteiger partial charge in [0.15, 0.2) is 5.60 Å². The number of carbonyl (C=O) groups excluding carboxylic acids is 1. The summed E-state index contributed by atoms with van der Waals surface area (Å²) in [5, 5.41) is 21.0. The highest BCUT2D eigenvalue weighted by Gasteiger charge is 2.28. The van der Waals surface area contributed by atoms with E-state index in [1.165, 1.54) is 25.1 Å². The van der Waals surface area contributed by atoms with Gasteiger partial charge in [0.2, 0.25) is 0 Å². The number of rotatable bonds is 3. The van der Waals surface area contributed by atoms with Gasteiger partial charge in [-0.05, 0) is 25.1 Å². The van der Waals surface area contributed by atoms with Crippen molar-refractivity contribution in [1.29, 1.82) is 5.26 Å². The summed E-state index contributed by atoms with van der Waals surface area (Å²) in [4.78, 5) is 11.6. The van der Waals surface area contributed by atoms with Crippen molar-refractivity contribution >= 4 is 23.2 Å². The van der Waals surface area contributed by atoms with Crippen LogP contribution in [0.4, 0.5) is 5.69 Å². The van der Waals surface area contributed by atoms with Crippen LogP contribution in [0.2, 0.25) is 5.02 Å².